The Balaban J connectivity index is 2.40. The van der Waals surface area contributed by atoms with E-state index in [0.717, 1.165) is 16.4 Å². The van der Waals surface area contributed by atoms with E-state index in [4.69, 9.17) is 5.11 Å². The van der Waals surface area contributed by atoms with E-state index in [1.54, 1.807) is 0 Å². The first-order valence-corrected chi connectivity index (χ1v) is 7.06. The van der Waals surface area contributed by atoms with Crippen LogP contribution in [0.5, 0.6) is 0 Å². The number of aromatic carboxylic acids is 1. The summed E-state index contributed by atoms with van der Waals surface area (Å²) in [5, 5.41) is 8.70. The quantitative estimate of drug-likeness (QED) is 0.885. The smallest absolute Gasteiger partial charge is 0.338 e. The minimum Gasteiger partial charge on any atom is -0.478 e. The van der Waals surface area contributed by atoms with Crippen molar-refractivity contribution in [3.05, 3.63) is 29.6 Å². The summed E-state index contributed by atoms with van der Waals surface area (Å²) < 4.78 is 38.2. The highest BCUT2D eigenvalue weighted by atomic mass is 32.2. The number of benzene rings is 1. The lowest BCUT2D eigenvalue weighted by Crippen LogP contribution is -2.37. The fourth-order valence-corrected chi connectivity index (χ4v) is 3.54. The molecule has 1 aliphatic rings. The Kier molecular flexibility index (Phi) is 3.25. The van der Waals surface area contributed by atoms with Crippen LogP contribution in [0.15, 0.2) is 18.2 Å². The van der Waals surface area contributed by atoms with E-state index in [1.807, 2.05) is 0 Å². The Labute approximate surface area is 104 Å². The van der Waals surface area contributed by atoms with E-state index in [0.29, 0.717) is 19.4 Å². The molecule has 1 heterocycles. The molecule has 0 saturated carbocycles. The normalized spacial score (nSPS) is 18.6. The topological polar surface area (TPSA) is 74.7 Å². The third kappa shape index (κ3) is 2.31. The molecule has 0 atom stereocenters. The molecule has 0 aromatic heterocycles. The van der Waals surface area contributed by atoms with E-state index in [9.17, 15) is 17.6 Å². The number of anilines is 1. The molecule has 0 radical (unpaired) electrons. The van der Waals surface area contributed by atoms with E-state index in [1.165, 1.54) is 6.07 Å². The fraction of sp³-hybridized carbons (Fsp3) is 0.364. The Morgan fingerprint density at radius 2 is 2.06 bits per heavy atom. The first kappa shape index (κ1) is 12.8. The van der Waals surface area contributed by atoms with Gasteiger partial charge in [0.1, 0.15) is 5.82 Å². The second-order valence-electron chi connectivity index (χ2n) is 4.06. The van der Waals surface area contributed by atoms with Crippen LogP contribution in [0.2, 0.25) is 0 Å². The Bertz CT molecular complexity index is 585. The molecular weight excluding hydrogens is 261 g/mol. The number of hydrogen-bond acceptors (Lipinski definition) is 3. The van der Waals surface area contributed by atoms with Crippen LogP contribution < -0.4 is 4.31 Å². The van der Waals surface area contributed by atoms with E-state index in [2.05, 4.69) is 0 Å². The molecule has 7 heteroatoms. The molecule has 0 aliphatic carbocycles. The second kappa shape index (κ2) is 4.56. The highest BCUT2D eigenvalue weighted by Gasteiger charge is 2.26. The van der Waals surface area contributed by atoms with Crippen molar-refractivity contribution in [2.75, 3.05) is 16.6 Å². The number of hydrogen-bond donors (Lipinski definition) is 1. The van der Waals surface area contributed by atoms with Crippen LogP contribution in [0, 0.1) is 5.82 Å². The van der Waals surface area contributed by atoms with Gasteiger partial charge in [-0.1, -0.05) is 0 Å². The maximum atomic E-state index is 13.5. The number of carboxylic acids is 1. The highest BCUT2D eigenvalue weighted by molar-refractivity contribution is 7.92. The minimum atomic E-state index is -3.41. The van der Waals surface area contributed by atoms with Gasteiger partial charge in [0.2, 0.25) is 10.0 Å². The predicted molar refractivity (Wildman–Crippen MR) is 63.7 cm³/mol. The summed E-state index contributed by atoms with van der Waals surface area (Å²) in [7, 11) is -3.41. The minimum absolute atomic E-state index is 0.0370. The molecule has 5 nitrogen and oxygen atoms in total. The van der Waals surface area contributed by atoms with Crippen LogP contribution in [-0.4, -0.2) is 31.8 Å². The Hall–Kier alpha value is -1.63. The van der Waals surface area contributed by atoms with Crippen LogP contribution in [0.3, 0.4) is 0 Å². The molecule has 1 aliphatic heterocycles. The van der Waals surface area contributed by atoms with Gasteiger partial charge in [0.25, 0.3) is 0 Å². The predicted octanol–water partition coefficient (Wildman–Crippen LogP) is 1.45. The van der Waals surface area contributed by atoms with Gasteiger partial charge in [0.05, 0.1) is 17.0 Å². The van der Waals surface area contributed by atoms with Gasteiger partial charge in [0.15, 0.2) is 0 Å². The number of carboxylic acid groups (broad SMARTS) is 1. The van der Waals surface area contributed by atoms with Crippen LogP contribution in [0.25, 0.3) is 0 Å². The monoisotopic (exact) mass is 273 g/mol. The van der Waals surface area contributed by atoms with E-state index in [-0.39, 0.29) is 11.4 Å². The molecule has 1 aromatic rings. The maximum absolute atomic E-state index is 13.5. The first-order chi connectivity index (χ1) is 8.42. The van der Waals surface area contributed by atoms with Gasteiger partial charge in [-0.05, 0) is 31.0 Å². The zero-order chi connectivity index (χ0) is 13.3. The molecule has 2 rings (SSSR count). The summed E-state index contributed by atoms with van der Waals surface area (Å²) in [5.74, 6) is -2.27. The van der Waals surface area contributed by atoms with Crippen molar-refractivity contribution in [3.63, 3.8) is 0 Å². The van der Waals surface area contributed by atoms with E-state index < -0.39 is 27.4 Å². The van der Waals surface area contributed by atoms with Crippen molar-refractivity contribution < 1.29 is 22.7 Å². The van der Waals surface area contributed by atoms with Crippen molar-refractivity contribution in [2.24, 2.45) is 0 Å². The molecule has 18 heavy (non-hydrogen) atoms. The number of nitrogens with zero attached hydrogens (tertiary/aromatic N) is 1. The van der Waals surface area contributed by atoms with Gasteiger partial charge in [-0.15, -0.1) is 0 Å². The second-order valence-corrected chi connectivity index (χ2v) is 6.08. The third-order valence-corrected chi connectivity index (χ3v) is 4.69. The van der Waals surface area contributed by atoms with Gasteiger partial charge in [-0.25, -0.2) is 17.6 Å². The molecule has 0 amide bonds. The number of rotatable bonds is 2. The van der Waals surface area contributed by atoms with Crippen molar-refractivity contribution in [2.45, 2.75) is 12.8 Å². The summed E-state index contributed by atoms with van der Waals surface area (Å²) >= 11 is 0. The SMILES string of the molecule is O=C(O)c1ccc(N2CCCCS2(=O)=O)cc1F. The average molecular weight is 273 g/mol. The summed E-state index contributed by atoms with van der Waals surface area (Å²) in [6.45, 7) is 0.300. The molecule has 0 unspecified atom stereocenters. The van der Waals surface area contributed by atoms with Crippen LogP contribution in [0.1, 0.15) is 23.2 Å². The molecule has 0 spiro atoms. The van der Waals surface area contributed by atoms with Gasteiger partial charge < -0.3 is 5.11 Å². The Morgan fingerprint density at radius 1 is 1.33 bits per heavy atom. The van der Waals surface area contributed by atoms with Crippen LogP contribution in [0.4, 0.5) is 10.1 Å². The lowest BCUT2D eigenvalue weighted by atomic mass is 10.2. The summed E-state index contributed by atoms with van der Waals surface area (Å²) in [5.41, 5.74) is -0.287. The first-order valence-electron chi connectivity index (χ1n) is 5.45. The molecule has 98 valence electrons. The van der Waals surface area contributed by atoms with Crippen molar-refractivity contribution in [3.8, 4) is 0 Å². The molecule has 1 saturated heterocycles. The van der Waals surface area contributed by atoms with Crippen molar-refractivity contribution >= 4 is 21.7 Å². The highest BCUT2D eigenvalue weighted by Crippen LogP contribution is 2.25. The average Bonchev–Trinajstić information content (AvgIpc) is 2.27. The summed E-state index contributed by atoms with van der Waals surface area (Å²) in [4.78, 5) is 10.7. The zero-order valence-electron chi connectivity index (χ0n) is 9.47. The standard InChI is InChI=1S/C11H12FNO4S/c12-10-7-8(3-4-9(10)11(14)15)13-5-1-2-6-18(13,16)17/h3-4,7H,1-2,5-6H2,(H,14,15). The number of carbonyl (C=O) groups is 1. The zero-order valence-corrected chi connectivity index (χ0v) is 10.3. The van der Waals surface area contributed by atoms with Gasteiger partial charge in [0, 0.05) is 6.54 Å². The van der Waals surface area contributed by atoms with Crippen LogP contribution in [-0.2, 0) is 10.0 Å². The molecular formula is C11H12FNO4S. The Morgan fingerprint density at radius 3 is 2.61 bits per heavy atom. The van der Waals surface area contributed by atoms with Gasteiger partial charge >= 0.3 is 5.97 Å². The third-order valence-electron chi connectivity index (χ3n) is 2.82. The molecule has 1 aromatic carbocycles. The molecule has 0 bridgehead atoms. The van der Waals surface area contributed by atoms with E-state index >= 15 is 0 Å². The van der Waals surface area contributed by atoms with Crippen LogP contribution >= 0.6 is 0 Å². The largest absolute Gasteiger partial charge is 0.478 e. The maximum Gasteiger partial charge on any atom is 0.338 e. The van der Waals surface area contributed by atoms with Gasteiger partial charge in [-0.3, -0.25) is 4.31 Å². The number of halogens is 1. The summed E-state index contributed by atoms with van der Waals surface area (Å²) in [6, 6.07) is 3.35. The van der Waals surface area contributed by atoms with Crippen molar-refractivity contribution in [1.29, 1.82) is 0 Å². The lowest BCUT2D eigenvalue weighted by molar-refractivity contribution is 0.0692. The fourth-order valence-electron chi connectivity index (χ4n) is 1.91. The summed E-state index contributed by atoms with van der Waals surface area (Å²) in [6.07, 6.45) is 1.30. The van der Waals surface area contributed by atoms with Gasteiger partial charge in [-0.2, -0.15) is 0 Å². The molecule has 1 fully saturated rings. The molecule has 1 N–H and O–H groups in total. The number of sulfonamides is 1. The van der Waals surface area contributed by atoms with Crippen molar-refractivity contribution in [1.82, 2.24) is 0 Å². The lowest BCUT2D eigenvalue weighted by Gasteiger charge is -2.28.